The molecule has 2 rings (SSSR count). The van der Waals surface area contributed by atoms with Crippen molar-refractivity contribution in [3.05, 3.63) is 59.4 Å². The van der Waals surface area contributed by atoms with Crippen LogP contribution in [0.15, 0.2) is 42.6 Å². The van der Waals surface area contributed by atoms with Crippen molar-refractivity contribution in [2.45, 2.75) is 19.8 Å². The Morgan fingerprint density at radius 2 is 1.85 bits per heavy atom. The third-order valence-corrected chi connectivity index (χ3v) is 3.10. The molecule has 0 amide bonds. The average molecular weight is 287 g/mol. The fourth-order valence-electron chi connectivity index (χ4n) is 1.86. The normalized spacial score (nSPS) is 11.2. The van der Waals surface area contributed by atoms with Crippen LogP contribution in [-0.4, -0.2) is 9.54 Å². The fraction of sp³-hybridized carbons (Fsp3) is 0.188. The summed E-state index contributed by atoms with van der Waals surface area (Å²) in [7, 11) is 0. The summed E-state index contributed by atoms with van der Waals surface area (Å²) in [6.45, 7) is 4.08. The molecule has 0 unspecified atom stereocenters. The molecule has 1 heterocycles. The molecular weight excluding hydrogens is 270 g/mol. The molecule has 0 aliphatic rings. The van der Waals surface area contributed by atoms with Crippen molar-refractivity contribution in [1.82, 2.24) is 4.98 Å². The summed E-state index contributed by atoms with van der Waals surface area (Å²) in [6.07, 6.45) is 5.80. The van der Waals surface area contributed by atoms with Crippen molar-refractivity contribution in [3.63, 3.8) is 0 Å². The predicted molar refractivity (Wildman–Crippen MR) is 84.5 cm³/mol. The highest BCUT2D eigenvalue weighted by molar-refractivity contribution is 7.89. The van der Waals surface area contributed by atoms with E-state index < -0.39 is 0 Å². The summed E-state index contributed by atoms with van der Waals surface area (Å²) in [4.78, 5) is 4.41. The van der Waals surface area contributed by atoms with Gasteiger partial charge in [-0.2, -0.15) is 0 Å². The lowest BCUT2D eigenvalue weighted by molar-refractivity contribution is 0.529. The molecule has 0 saturated carbocycles. The molecule has 0 bridgehead atoms. The van der Waals surface area contributed by atoms with Gasteiger partial charge in [0.05, 0.1) is 5.69 Å². The van der Waals surface area contributed by atoms with E-state index in [0.29, 0.717) is 18.1 Å². The first kappa shape index (κ1) is 14.6. The van der Waals surface area contributed by atoms with Crippen LogP contribution in [0.2, 0.25) is 0 Å². The molecule has 20 heavy (non-hydrogen) atoms. The molecule has 0 fully saturated rings. The molecule has 0 radical (unpaired) electrons. The zero-order valence-corrected chi connectivity index (χ0v) is 12.3. The van der Waals surface area contributed by atoms with Crippen LogP contribution in [0, 0.1) is 0 Å². The predicted octanol–water partition coefficient (Wildman–Crippen LogP) is 4.88. The second-order valence-corrected chi connectivity index (χ2v) is 5.02. The zero-order chi connectivity index (χ0) is 14.4. The zero-order valence-electron chi connectivity index (χ0n) is 11.5. The molecule has 2 aromatic rings. The smallest absolute Gasteiger partial charge is 0.222 e. The van der Waals surface area contributed by atoms with Crippen molar-refractivity contribution in [2.75, 3.05) is 0 Å². The van der Waals surface area contributed by atoms with E-state index in [1.807, 2.05) is 68.6 Å². The highest BCUT2D eigenvalue weighted by Gasteiger charge is 2.10. The second kappa shape index (κ2) is 7.12. The number of aromatic nitrogens is 1. The van der Waals surface area contributed by atoms with Gasteiger partial charge in [0, 0.05) is 6.20 Å². The number of rotatable bonds is 5. The Morgan fingerprint density at radius 3 is 2.50 bits per heavy atom. The average Bonchev–Trinajstić information content (AvgIpc) is 2.46. The Hall–Kier alpha value is -1.78. The number of benzene rings is 1. The Balaban J connectivity index is 2.25. The van der Waals surface area contributed by atoms with Gasteiger partial charge < -0.3 is 4.18 Å². The summed E-state index contributed by atoms with van der Waals surface area (Å²) < 4.78 is 14.0. The molecule has 3 nitrogen and oxygen atoms in total. The minimum Gasteiger partial charge on any atom is -0.399 e. The first-order valence-corrected chi connectivity index (χ1v) is 7.11. The molecule has 1 N–H and O–H groups in total. The molecule has 0 spiro atoms. The minimum atomic E-state index is 0.240. The van der Waals surface area contributed by atoms with Crippen LogP contribution in [0.1, 0.15) is 36.6 Å². The number of pyridine rings is 1. The van der Waals surface area contributed by atoms with Crippen LogP contribution in [0.3, 0.4) is 0 Å². The minimum absolute atomic E-state index is 0.240. The summed E-state index contributed by atoms with van der Waals surface area (Å²) in [5, 5.41) is 0. The lowest BCUT2D eigenvalue weighted by Crippen LogP contribution is -1.97. The van der Waals surface area contributed by atoms with Crippen LogP contribution >= 0.6 is 12.3 Å². The monoisotopic (exact) mass is 287 g/mol. The number of hydrogen-bond acceptors (Lipinski definition) is 4. The van der Waals surface area contributed by atoms with E-state index in [1.54, 1.807) is 0 Å². The van der Waals surface area contributed by atoms with E-state index in [9.17, 15) is 0 Å². The SMILES string of the molecule is CC(C)c1ncc(/C=C/c2ccccc2)cc1OSO. The summed E-state index contributed by atoms with van der Waals surface area (Å²) in [5.41, 5.74) is 2.89. The lowest BCUT2D eigenvalue weighted by Gasteiger charge is -2.10. The highest BCUT2D eigenvalue weighted by Crippen LogP contribution is 2.27. The lowest BCUT2D eigenvalue weighted by atomic mass is 10.1. The standard InChI is InChI=1S/C16H17NO2S/c1-12(2)16-15(19-20-18)10-14(11-17-16)9-8-13-6-4-3-5-7-13/h3-12,18H,1-2H3/b9-8+. The molecular formula is C16H17NO2S. The first-order chi connectivity index (χ1) is 9.70. The molecule has 0 saturated heterocycles. The van der Waals surface area contributed by atoms with Crippen LogP contribution in [0.4, 0.5) is 0 Å². The molecule has 1 aromatic heterocycles. The molecule has 4 heteroatoms. The van der Waals surface area contributed by atoms with Gasteiger partial charge in [-0.15, -0.1) is 0 Å². The van der Waals surface area contributed by atoms with Gasteiger partial charge in [0.1, 0.15) is 0 Å². The van der Waals surface area contributed by atoms with Crippen molar-refractivity contribution in [2.24, 2.45) is 0 Å². The van der Waals surface area contributed by atoms with Gasteiger partial charge in [-0.1, -0.05) is 56.3 Å². The maximum atomic E-state index is 8.87. The van der Waals surface area contributed by atoms with Gasteiger partial charge in [0.25, 0.3) is 0 Å². The van der Waals surface area contributed by atoms with E-state index in [4.69, 9.17) is 8.74 Å². The van der Waals surface area contributed by atoms with Gasteiger partial charge in [0.15, 0.2) is 5.75 Å². The quantitative estimate of drug-likeness (QED) is 0.796. The van der Waals surface area contributed by atoms with Crippen LogP contribution in [0.25, 0.3) is 12.2 Å². The van der Waals surface area contributed by atoms with Crippen molar-refractivity contribution in [1.29, 1.82) is 0 Å². The Morgan fingerprint density at radius 1 is 1.15 bits per heavy atom. The third kappa shape index (κ3) is 3.85. The number of hydrogen-bond donors (Lipinski definition) is 1. The Kier molecular flexibility index (Phi) is 5.21. The maximum Gasteiger partial charge on any atom is 0.222 e. The maximum absolute atomic E-state index is 8.87. The molecule has 1 aromatic carbocycles. The van der Waals surface area contributed by atoms with E-state index in [-0.39, 0.29) is 5.92 Å². The molecule has 104 valence electrons. The first-order valence-electron chi connectivity index (χ1n) is 6.42. The Bertz CT molecular complexity index is 582. The van der Waals surface area contributed by atoms with E-state index in [0.717, 1.165) is 16.8 Å². The van der Waals surface area contributed by atoms with Gasteiger partial charge in [-0.05, 0) is 23.1 Å². The van der Waals surface area contributed by atoms with Crippen molar-refractivity contribution < 1.29 is 8.74 Å². The largest absolute Gasteiger partial charge is 0.399 e. The van der Waals surface area contributed by atoms with Crippen LogP contribution < -0.4 is 4.18 Å². The molecule has 0 atom stereocenters. The second-order valence-electron chi connectivity index (χ2n) is 4.71. The van der Waals surface area contributed by atoms with E-state index in [1.165, 1.54) is 0 Å². The molecule has 0 aliphatic heterocycles. The van der Waals surface area contributed by atoms with Gasteiger partial charge in [0.2, 0.25) is 12.3 Å². The van der Waals surface area contributed by atoms with Crippen LogP contribution in [0.5, 0.6) is 5.75 Å². The van der Waals surface area contributed by atoms with Gasteiger partial charge >= 0.3 is 0 Å². The summed E-state index contributed by atoms with van der Waals surface area (Å²) in [5.74, 6) is 0.840. The van der Waals surface area contributed by atoms with Crippen LogP contribution in [-0.2, 0) is 0 Å². The van der Waals surface area contributed by atoms with Crippen molar-refractivity contribution >= 4 is 24.5 Å². The fourth-order valence-corrected chi connectivity index (χ4v) is 2.07. The third-order valence-electron chi connectivity index (χ3n) is 2.84. The molecule has 0 aliphatic carbocycles. The van der Waals surface area contributed by atoms with Gasteiger partial charge in [-0.25, -0.2) is 0 Å². The summed E-state index contributed by atoms with van der Waals surface area (Å²) in [6, 6.07) is 11.9. The number of nitrogens with zero attached hydrogens (tertiary/aromatic N) is 1. The van der Waals surface area contributed by atoms with Gasteiger partial charge in [-0.3, -0.25) is 9.54 Å². The Labute approximate surface area is 123 Å². The summed E-state index contributed by atoms with van der Waals surface area (Å²) >= 11 is 0.345. The highest BCUT2D eigenvalue weighted by atomic mass is 32.2. The van der Waals surface area contributed by atoms with Crippen molar-refractivity contribution in [3.8, 4) is 5.75 Å². The van der Waals surface area contributed by atoms with E-state index >= 15 is 0 Å². The topological polar surface area (TPSA) is 42.4 Å². The van der Waals surface area contributed by atoms with E-state index in [2.05, 4.69) is 4.98 Å².